The van der Waals surface area contributed by atoms with Crippen LogP contribution in [0, 0.1) is 6.92 Å². The number of rotatable bonds is 7. The van der Waals surface area contributed by atoms with E-state index in [4.69, 9.17) is 47.0 Å². The molecule has 0 fully saturated rings. The lowest BCUT2D eigenvalue weighted by atomic mass is 9.96. The first kappa shape index (κ1) is 30.2. The molecule has 36 heavy (non-hydrogen) atoms. The Labute approximate surface area is 223 Å². The van der Waals surface area contributed by atoms with E-state index in [1.807, 2.05) is 5.32 Å². The lowest BCUT2D eigenvalue weighted by molar-refractivity contribution is -0.139. The summed E-state index contributed by atoms with van der Waals surface area (Å²) in [5.74, 6) is -2.63. The van der Waals surface area contributed by atoms with Crippen molar-refractivity contribution >= 4 is 64.0 Å². The second-order valence-electron chi connectivity index (χ2n) is 7.78. The minimum absolute atomic E-state index is 0.0531. The minimum Gasteiger partial charge on any atom is -0.369 e. The largest absolute Gasteiger partial charge is 0.405 e. The van der Waals surface area contributed by atoms with E-state index in [0.717, 1.165) is 18.2 Å². The van der Waals surface area contributed by atoms with E-state index < -0.39 is 36.8 Å². The fourth-order valence-corrected chi connectivity index (χ4v) is 3.84. The Kier molecular flexibility index (Phi) is 10.1. The van der Waals surface area contributed by atoms with Crippen LogP contribution in [-0.4, -0.2) is 35.8 Å². The van der Waals surface area contributed by atoms with Crippen LogP contribution in [0.5, 0.6) is 0 Å². The van der Waals surface area contributed by atoms with Crippen molar-refractivity contribution in [2.75, 3.05) is 6.54 Å². The molecule has 2 atom stereocenters. The highest BCUT2D eigenvalue weighted by Crippen LogP contribution is 2.41. The zero-order chi connectivity index (χ0) is 27.4. The van der Waals surface area contributed by atoms with Crippen LogP contribution in [0.4, 0.5) is 26.3 Å². The van der Waals surface area contributed by atoms with Gasteiger partial charge >= 0.3 is 12.4 Å². The van der Waals surface area contributed by atoms with Gasteiger partial charge in [0.25, 0.3) is 5.91 Å². The third kappa shape index (κ3) is 8.54. The molecule has 0 aliphatic carbocycles. The van der Waals surface area contributed by atoms with Crippen molar-refractivity contribution in [2.45, 2.75) is 38.2 Å². The highest BCUT2D eigenvalue weighted by atomic mass is 35.5. The van der Waals surface area contributed by atoms with Crippen molar-refractivity contribution in [3.8, 4) is 0 Å². The van der Waals surface area contributed by atoms with Crippen LogP contribution in [0.15, 0.2) is 36.4 Å². The molecule has 0 heterocycles. The number of aryl methyl sites for hydroxylation is 1. The van der Waals surface area contributed by atoms with E-state index in [1.165, 1.54) is 31.2 Å². The first-order valence-corrected chi connectivity index (χ1v) is 11.7. The molecule has 0 saturated carbocycles. The molecule has 2 N–H and O–H groups in total. The fraction of sp³-hybridized carbons (Fsp3) is 0.304. The summed E-state index contributed by atoms with van der Waals surface area (Å²) in [5, 5.41) is 4.24. The molecule has 0 spiro atoms. The Balaban J connectivity index is 2.19. The van der Waals surface area contributed by atoms with Crippen molar-refractivity contribution in [1.82, 2.24) is 10.6 Å². The number of nitrogens with one attached hydrogen (secondary N) is 2. The number of hydrogen-bond acceptors (Lipinski definition) is 2. The SMILES string of the molecule is Cc1cc(C=CC(c2cc(Cl)c(Cl)c(Cl)c2)C(F)(F)F)ccc1C(=O)NC(C)C(=S)NCC(F)(F)F. The molecule has 2 aromatic rings. The summed E-state index contributed by atoms with van der Waals surface area (Å²) in [6.45, 7) is 1.65. The first-order chi connectivity index (χ1) is 16.5. The van der Waals surface area contributed by atoms with Gasteiger partial charge in [0.1, 0.15) is 6.54 Å². The van der Waals surface area contributed by atoms with Crippen LogP contribution in [-0.2, 0) is 0 Å². The van der Waals surface area contributed by atoms with Gasteiger partial charge in [0, 0.05) is 5.56 Å². The minimum atomic E-state index is -4.65. The van der Waals surface area contributed by atoms with Crippen molar-refractivity contribution < 1.29 is 31.1 Å². The van der Waals surface area contributed by atoms with Gasteiger partial charge in [-0.05, 0) is 48.7 Å². The Morgan fingerprint density at radius 1 is 1.06 bits per heavy atom. The van der Waals surface area contributed by atoms with E-state index >= 15 is 0 Å². The van der Waals surface area contributed by atoms with Crippen LogP contribution in [0.25, 0.3) is 6.08 Å². The molecule has 196 valence electrons. The number of allylic oxidation sites excluding steroid dienone is 1. The summed E-state index contributed by atoms with van der Waals surface area (Å²) in [6, 6.07) is 5.60. The molecule has 0 saturated heterocycles. The molecule has 0 aliphatic heterocycles. The normalized spacial score (nSPS) is 14.0. The van der Waals surface area contributed by atoms with Gasteiger partial charge in [0.15, 0.2) is 0 Å². The molecule has 13 heteroatoms. The van der Waals surface area contributed by atoms with Gasteiger partial charge in [-0.25, -0.2) is 0 Å². The molecular weight excluding hydrogens is 573 g/mol. The van der Waals surface area contributed by atoms with Gasteiger partial charge in [0.05, 0.1) is 32.0 Å². The summed E-state index contributed by atoms with van der Waals surface area (Å²) in [7, 11) is 0. The smallest absolute Gasteiger partial charge is 0.369 e. The van der Waals surface area contributed by atoms with Crippen molar-refractivity contribution in [1.29, 1.82) is 0 Å². The van der Waals surface area contributed by atoms with E-state index in [2.05, 4.69) is 5.32 Å². The Hall–Kier alpha value is -2.01. The number of thiocarbonyl (C=S) groups is 1. The van der Waals surface area contributed by atoms with Crippen molar-refractivity contribution in [2.24, 2.45) is 0 Å². The van der Waals surface area contributed by atoms with Crippen LogP contribution in [0.1, 0.15) is 39.9 Å². The zero-order valence-electron chi connectivity index (χ0n) is 18.6. The van der Waals surface area contributed by atoms with E-state index in [1.54, 1.807) is 6.92 Å². The van der Waals surface area contributed by atoms with Crippen LogP contribution in [0.3, 0.4) is 0 Å². The van der Waals surface area contributed by atoms with E-state index in [-0.39, 0.29) is 31.2 Å². The Morgan fingerprint density at radius 3 is 2.14 bits per heavy atom. The quantitative estimate of drug-likeness (QED) is 0.195. The second-order valence-corrected chi connectivity index (χ2v) is 9.41. The highest BCUT2D eigenvalue weighted by molar-refractivity contribution is 7.80. The van der Waals surface area contributed by atoms with E-state index in [9.17, 15) is 31.1 Å². The molecular formula is C23H19Cl3F6N2OS. The summed E-state index contributed by atoms with van der Waals surface area (Å²) in [6.07, 6.45) is -6.95. The highest BCUT2D eigenvalue weighted by Gasteiger charge is 2.39. The first-order valence-electron chi connectivity index (χ1n) is 10.1. The van der Waals surface area contributed by atoms with Gasteiger partial charge < -0.3 is 10.6 Å². The predicted octanol–water partition coefficient (Wildman–Crippen LogP) is 7.91. The van der Waals surface area contributed by atoms with Crippen LogP contribution < -0.4 is 10.6 Å². The number of benzene rings is 2. The lowest BCUT2D eigenvalue weighted by Gasteiger charge is -2.19. The van der Waals surface area contributed by atoms with Crippen molar-refractivity contribution in [3.63, 3.8) is 0 Å². The fourth-order valence-electron chi connectivity index (χ4n) is 3.10. The number of alkyl halides is 6. The molecule has 0 aromatic heterocycles. The van der Waals surface area contributed by atoms with Gasteiger partial charge in [-0.2, -0.15) is 26.3 Å². The predicted molar refractivity (Wildman–Crippen MR) is 134 cm³/mol. The summed E-state index contributed by atoms with van der Waals surface area (Å²) in [4.78, 5) is 12.3. The number of hydrogen-bond donors (Lipinski definition) is 2. The number of carbonyl (C=O) groups is 1. The summed E-state index contributed by atoms with van der Waals surface area (Å²) >= 11 is 22.5. The molecule has 0 aliphatic rings. The molecule has 1 amide bonds. The molecule has 2 aromatic carbocycles. The van der Waals surface area contributed by atoms with Gasteiger partial charge in [-0.15, -0.1) is 0 Å². The molecule has 3 nitrogen and oxygen atoms in total. The average Bonchev–Trinajstić information content (AvgIpc) is 2.74. The topological polar surface area (TPSA) is 41.1 Å². The second kappa shape index (κ2) is 12.0. The standard InChI is InChI=1S/C23H19Cl3F6N2OS/c1-11-7-13(3-5-15(11)20(35)34-12(2)21(36)33-10-22(27,28)29)4-6-16(23(30,31)32)14-8-17(24)19(26)18(25)9-14/h3-9,12,16H,10H2,1-2H3,(H,33,36)(H,34,35). The summed E-state index contributed by atoms with van der Waals surface area (Å²) in [5.41, 5.74) is 0.785. The third-order valence-electron chi connectivity index (χ3n) is 4.90. The monoisotopic (exact) mass is 590 g/mol. The maximum Gasteiger partial charge on any atom is 0.405 e. The molecule has 0 bridgehead atoms. The number of carbonyl (C=O) groups excluding carboxylic acids is 1. The summed E-state index contributed by atoms with van der Waals surface area (Å²) < 4.78 is 78.2. The Bertz CT molecular complexity index is 1140. The third-order valence-corrected chi connectivity index (χ3v) is 6.59. The maximum absolute atomic E-state index is 13.7. The lowest BCUT2D eigenvalue weighted by Crippen LogP contribution is -2.46. The van der Waals surface area contributed by atoms with Gasteiger partial charge in [-0.3, -0.25) is 4.79 Å². The van der Waals surface area contributed by atoms with Gasteiger partial charge in [-0.1, -0.05) is 71.3 Å². The number of halogens is 9. The molecule has 0 radical (unpaired) electrons. The van der Waals surface area contributed by atoms with Crippen molar-refractivity contribution in [3.05, 3.63) is 73.7 Å². The zero-order valence-corrected chi connectivity index (χ0v) is 21.7. The van der Waals surface area contributed by atoms with E-state index in [0.29, 0.717) is 11.1 Å². The number of amides is 1. The Morgan fingerprint density at radius 2 is 1.64 bits per heavy atom. The molecule has 2 unspecified atom stereocenters. The average molecular weight is 592 g/mol. The van der Waals surface area contributed by atoms with Crippen LogP contribution in [0.2, 0.25) is 15.1 Å². The van der Waals surface area contributed by atoms with Crippen LogP contribution >= 0.6 is 47.0 Å². The molecule has 2 rings (SSSR count). The van der Waals surface area contributed by atoms with Gasteiger partial charge in [0.2, 0.25) is 0 Å². The maximum atomic E-state index is 13.7.